The predicted molar refractivity (Wildman–Crippen MR) is 90.5 cm³/mol. The maximum Gasteiger partial charge on any atom is 0.251 e. The minimum atomic E-state index is -0.386. The Bertz CT molecular complexity index is 786. The van der Waals surface area contributed by atoms with Gasteiger partial charge in [-0.3, -0.25) is 9.59 Å². The first-order valence-electron chi connectivity index (χ1n) is 7.88. The van der Waals surface area contributed by atoms with Gasteiger partial charge in [0.15, 0.2) is 0 Å². The molecule has 1 atom stereocenters. The summed E-state index contributed by atoms with van der Waals surface area (Å²) in [5.74, 6) is -0.694. The Balaban J connectivity index is 1.69. The van der Waals surface area contributed by atoms with Crippen molar-refractivity contribution in [3.8, 4) is 0 Å². The van der Waals surface area contributed by atoms with Crippen LogP contribution in [0.5, 0.6) is 0 Å². The van der Waals surface area contributed by atoms with Crippen molar-refractivity contribution < 1.29 is 14.0 Å². The van der Waals surface area contributed by atoms with Crippen LogP contribution in [0.3, 0.4) is 0 Å². The van der Waals surface area contributed by atoms with Crippen LogP contribution in [0.15, 0.2) is 42.5 Å². The van der Waals surface area contributed by atoms with E-state index < -0.39 is 0 Å². The Morgan fingerprint density at radius 2 is 1.83 bits per heavy atom. The Kier molecular flexibility index (Phi) is 4.34. The van der Waals surface area contributed by atoms with Crippen molar-refractivity contribution in [2.45, 2.75) is 26.3 Å². The molecule has 24 heavy (non-hydrogen) atoms. The number of nitrogens with zero attached hydrogens (tertiary/aromatic N) is 1. The van der Waals surface area contributed by atoms with Crippen LogP contribution in [-0.2, 0) is 4.79 Å². The lowest BCUT2D eigenvalue weighted by Gasteiger charge is -2.18. The van der Waals surface area contributed by atoms with Crippen LogP contribution in [0, 0.1) is 19.7 Å². The van der Waals surface area contributed by atoms with Gasteiger partial charge in [-0.15, -0.1) is 0 Å². The van der Waals surface area contributed by atoms with Gasteiger partial charge >= 0.3 is 0 Å². The lowest BCUT2D eigenvalue weighted by Crippen LogP contribution is -2.37. The van der Waals surface area contributed by atoms with E-state index in [4.69, 9.17) is 0 Å². The molecular weight excluding hydrogens is 307 g/mol. The summed E-state index contributed by atoms with van der Waals surface area (Å²) >= 11 is 0. The number of hydrogen-bond acceptors (Lipinski definition) is 2. The molecule has 5 heteroatoms. The van der Waals surface area contributed by atoms with Gasteiger partial charge in [0.2, 0.25) is 5.91 Å². The lowest BCUT2D eigenvalue weighted by molar-refractivity contribution is -0.117. The first kappa shape index (κ1) is 16.2. The van der Waals surface area contributed by atoms with Crippen molar-refractivity contribution in [3.63, 3.8) is 0 Å². The van der Waals surface area contributed by atoms with Gasteiger partial charge in [-0.1, -0.05) is 6.07 Å². The number of benzene rings is 2. The number of anilines is 1. The summed E-state index contributed by atoms with van der Waals surface area (Å²) in [6.07, 6.45) is 0.264. The third-order valence-corrected chi connectivity index (χ3v) is 4.37. The Labute approximate surface area is 140 Å². The largest absolute Gasteiger partial charge is 0.347 e. The van der Waals surface area contributed by atoms with Gasteiger partial charge in [0, 0.05) is 24.2 Å². The maximum atomic E-state index is 12.9. The van der Waals surface area contributed by atoms with E-state index >= 15 is 0 Å². The topological polar surface area (TPSA) is 49.4 Å². The van der Waals surface area contributed by atoms with Crippen LogP contribution >= 0.6 is 0 Å². The first-order chi connectivity index (χ1) is 11.4. The fourth-order valence-corrected chi connectivity index (χ4v) is 2.82. The molecule has 2 amide bonds. The molecular formula is C19H19FN2O2. The molecule has 0 unspecified atom stereocenters. The molecule has 0 radical (unpaired) electrons. The van der Waals surface area contributed by atoms with E-state index in [1.54, 1.807) is 4.90 Å². The minimum Gasteiger partial charge on any atom is -0.347 e. The normalized spacial score (nSPS) is 17.2. The zero-order chi connectivity index (χ0) is 17.3. The molecule has 0 bridgehead atoms. The molecule has 1 saturated heterocycles. The second kappa shape index (κ2) is 6.43. The number of hydrogen-bond donors (Lipinski definition) is 1. The van der Waals surface area contributed by atoms with Crippen molar-refractivity contribution in [2.75, 3.05) is 11.4 Å². The van der Waals surface area contributed by atoms with Gasteiger partial charge in [-0.05, 0) is 61.4 Å². The number of rotatable bonds is 3. The van der Waals surface area contributed by atoms with E-state index in [0.29, 0.717) is 12.1 Å². The van der Waals surface area contributed by atoms with Gasteiger partial charge in [-0.2, -0.15) is 0 Å². The van der Waals surface area contributed by atoms with Gasteiger partial charge < -0.3 is 10.2 Å². The molecule has 1 N–H and O–H groups in total. The van der Waals surface area contributed by atoms with Gasteiger partial charge in [0.05, 0.1) is 6.04 Å². The molecule has 1 heterocycles. The molecule has 1 aliphatic rings. The number of halogens is 1. The summed E-state index contributed by atoms with van der Waals surface area (Å²) in [4.78, 5) is 26.2. The number of carbonyl (C=O) groups is 2. The second-order valence-electron chi connectivity index (χ2n) is 6.15. The molecule has 1 fully saturated rings. The highest BCUT2D eigenvalue weighted by molar-refractivity contribution is 5.99. The third-order valence-electron chi connectivity index (χ3n) is 4.37. The summed E-state index contributed by atoms with van der Waals surface area (Å²) in [5, 5.41) is 2.85. The predicted octanol–water partition coefficient (Wildman–Crippen LogP) is 2.98. The van der Waals surface area contributed by atoms with E-state index in [0.717, 1.165) is 11.3 Å². The fourth-order valence-electron chi connectivity index (χ4n) is 2.82. The Hall–Kier alpha value is -2.69. The number of nitrogens with one attached hydrogen (secondary N) is 1. The first-order valence-corrected chi connectivity index (χ1v) is 7.88. The SMILES string of the molecule is Cc1ccc(N2C[C@H](NC(=O)c3ccc(F)cc3)CC2=O)cc1C. The summed E-state index contributed by atoms with van der Waals surface area (Å²) < 4.78 is 12.9. The van der Waals surface area contributed by atoms with Crippen LogP contribution in [0.25, 0.3) is 0 Å². The zero-order valence-electron chi connectivity index (χ0n) is 13.7. The molecule has 2 aromatic rings. The molecule has 2 aromatic carbocycles. The van der Waals surface area contributed by atoms with Crippen LogP contribution in [-0.4, -0.2) is 24.4 Å². The third kappa shape index (κ3) is 3.30. The van der Waals surface area contributed by atoms with Crippen molar-refractivity contribution in [1.82, 2.24) is 5.32 Å². The molecule has 0 aromatic heterocycles. The van der Waals surface area contributed by atoms with Crippen LogP contribution in [0.2, 0.25) is 0 Å². The van der Waals surface area contributed by atoms with E-state index in [-0.39, 0.29) is 30.1 Å². The van der Waals surface area contributed by atoms with Crippen LogP contribution < -0.4 is 10.2 Å². The van der Waals surface area contributed by atoms with Crippen molar-refractivity contribution in [2.24, 2.45) is 0 Å². The van der Waals surface area contributed by atoms with Gasteiger partial charge in [0.25, 0.3) is 5.91 Å². The van der Waals surface area contributed by atoms with Crippen LogP contribution in [0.1, 0.15) is 27.9 Å². The second-order valence-corrected chi connectivity index (χ2v) is 6.15. The van der Waals surface area contributed by atoms with Gasteiger partial charge in [-0.25, -0.2) is 4.39 Å². The summed E-state index contributed by atoms with van der Waals surface area (Å²) in [5.41, 5.74) is 3.53. The van der Waals surface area contributed by atoms with Crippen molar-refractivity contribution in [1.29, 1.82) is 0 Å². The highest BCUT2D eigenvalue weighted by Gasteiger charge is 2.31. The molecule has 1 aliphatic heterocycles. The molecule has 0 aliphatic carbocycles. The quantitative estimate of drug-likeness (QED) is 0.943. The van der Waals surface area contributed by atoms with E-state index in [1.165, 1.54) is 29.8 Å². The number of carbonyl (C=O) groups excluding carboxylic acids is 2. The lowest BCUT2D eigenvalue weighted by atomic mass is 10.1. The monoisotopic (exact) mass is 326 g/mol. The standard InChI is InChI=1S/C19H19FN2O2/c1-12-3-8-17(9-13(12)2)22-11-16(10-18(22)23)21-19(24)14-4-6-15(20)7-5-14/h3-9,16H,10-11H2,1-2H3,(H,21,24)/t16-/m1/s1. The molecule has 124 valence electrons. The molecule has 0 saturated carbocycles. The average Bonchev–Trinajstić information content (AvgIpc) is 2.91. The van der Waals surface area contributed by atoms with Crippen molar-refractivity contribution in [3.05, 3.63) is 65.0 Å². The minimum absolute atomic E-state index is 0.0114. The average molecular weight is 326 g/mol. The maximum absolute atomic E-state index is 12.9. The van der Waals surface area contributed by atoms with E-state index in [9.17, 15) is 14.0 Å². The molecule has 0 spiro atoms. The Morgan fingerprint density at radius 3 is 2.50 bits per heavy atom. The summed E-state index contributed by atoms with van der Waals surface area (Å²) in [7, 11) is 0. The summed E-state index contributed by atoms with van der Waals surface area (Å²) in [6.45, 7) is 4.47. The van der Waals surface area contributed by atoms with Crippen LogP contribution in [0.4, 0.5) is 10.1 Å². The smallest absolute Gasteiger partial charge is 0.251 e. The molecule has 4 nitrogen and oxygen atoms in total. The van der Waals surface area contributed by atoms with Crippen molar-refractivity contribution >= 4 is 17.5 Å². The number of aryl methyl sites for hydroxylation is 2. The van der Waals surface area contributed by atoms with E-state index in [1.807, 2.05) is 32.0 Å². The Morgan fingerprint density at radius 1 is 1.12 bits per heavy atom. The van der Waals surface area contributed by atoms with E-state index in [2.05, 4.69) is 5.32 Å². The number of amides is 2. The fraction of sp³-hybridized carbons (Fsp3) is 0.263. The summed E-state index contributed by atoms with van der Waals surface area (Å²) in [6, 6.07) is 11.0. The van der Waals surface area contributed by atoms with Gasteiger partial charge in [0.1, 0.15) is 5.82 Å². The highest BCUT2D eigenvalue weighted by Crippen LogP contribution is 2.24. The molecule has 3 rings (SSSR count). The highest BCUT2D eigenvalue weighted by atomic mass is 19.1. The zero-order valence-corrected chi connectivity index (χ0v) is 13.7.